The minimum Gasteiger partial charge on any atom is -0.329 e. The van der Waals surface area contributed by atoms with E-state index in [4.69, 9.17) is 17.3 Å². The van der Waals surface area contributed by atoms with Crippen LogP contribution in [0.1, 0.15) is 30.9 Å². The topological polar surface area (TPSA) is 32.5 Å². The van der Waals surface area contributed by atoms with E-state index in [9.17, 15) is 0 Å². The number of rotatable bonds is 4. The van der Waals surface area contributed by atoms with Crippen LogP contribution in [0.25, 0.3) is 0 Å². The molecule has 1 aromatic rings. The van der Waals surface area contributed by atoms with E-state index in [-0.39, 0.29) is 6.04 Å². The molecule has 2 fully saturated rings. The van der Waals surface area contributed by atoms with Crippen molar-refractivity contribution in [2.45, 2.75) is 31.3 Å². The lowest BCUT2D eigenvalue weighted by Gasteiger charge is -2.29. The highest BCUT2D eigenvalue weighted by atomic mass is 79.9. The first kappa shape index (κ1) is 15.8. The minimum absolute atomic E-state index is 0.255. The second-order valence-corrected chi connectivity index (χ2v) is 7.39. The number of hydrogen-bond acceptors (Lipinski definition) is 3. The first-order valence-electron chi connectivity index (χ1n) is 7.82. The Morgan fingerprint density at radius 2 is 2.05 bits per heavy atom. The van der Waals surface area contributed by atoms with Crippen molar-refractivity contribution in [2.75, 3.05) is 32.7 Å². The van der Waals surface area contributed by atoms with Gasteiger partial charge < -0.3 is 5.73 Å². The molecule has 2 aliphatic rings. The molecule has 2 atom stereocenters. The van der Waals surface area contributed by atoms with Gasteiger partial charge in [0.05, 0.1) is 0 Å². The van der Waals surface area contributed by atoms with E-state index in [1.165, 1.54) is 37.9 Å². The van der Waals surface area contributed by atoms with Crippen LogP contribution in [0.4, 0.5) is 0 Å². The number of nitrogens with zero attached hydrogens (tertiary/aromatic N) is 2. The third-order valence-electron chi connectivity index (χ3n) is 4.83. The monoisotopic (exact) mass is 371 g/mol. The van der Waals surface area contributed by atoms with Gasteiger partial charge in [0, 0.05) is 41.2 Å². The predicted octanol–water partition coefficient (Wildman–Crippen LogP) is 3.27. The van der Waals surface area contributed by atoms with Crippen LogP contribution >= 0.6 is 27.5 Å². The zero-order chi connectivity index (χ0) is 14.8. The third-order valence-corrected chi connectivity index (χ3v) is 5.79. The normalized spacial score (nSPS) is 25.6. The summed E-state index contributed by atoms with van der Waals surface area (Å²) in [6.07, 6.45) is 3.97. The number of nitrogens with two attached hydrogens (primary N) is 1. The lowest BCUT2D eigenvalue weighted by molar-refractivity contribution is 0.202. The predicted molar refractivity (Wildman–Crippen MR) is 91.7 cm³/mol. The Labute approximate surface area is 140 Å². The standard InChI is InChI=1S/C16H23BrClN3/c17-15-4-3-12(18)9-14(15)16(10-19)21-8-5-13(11-21)20-6-1-2-7-20/h3-4,9,13,16H,1-2,5-8,10-11,19H2. The van der Waals surface area contributed by atoms with Crippen molar-refractivity contribution >= 4 is 27.5 Å². The molecule has 21 heavy (non-hydrogen) atoms. The van der Waals surface area contributed by atoms with E-state index in [1.807, 2.05) is 18.2 Å². The number of hydrogen-bond donors (Lipinski definition) is 1. The zero-order valence-corrected chi connectivity index (χ0v) is 14.6. The Bertz CT molecular complexity index is 490. The summed E-state index contributed by atoms with van der Waals surface area (Å²) in [6, 6.07) is 6.95. The van der Waals surface area contributed by atoms with Gasteiger partial charge in [-0.05, 0) is 56.1 Å². The lowest BCUT2D eigenvalue weighted by atomic mass is 10.1. The Morgan fingerprint density at radius 1 is 1.29 bits per heavy atom. The van der Waals surface area contributed by atoms with Crippen LogP contribution in [0.3, 0.4) is 0 Å². The molecule has 0 radical (unpaired) electrons. The first-order chi connectivity index (χ1) is 10.2. The van der Waals surface area contributed by atoms with Crippen LogP contribution in [0.2, 0.25) is 5.02 Å². The molecule has 2 unspecified atom stereocenters. The Balaban J connectivity index is 1.73. The SMILES string of the molecule is NCC(c1cc(Cl)ccc1Br)N1CCC(N2CCCC2)C1. The van der Waals surface area contributed by atoms with Crippen LogP contribution in [0.15, 0.2) is 22.7 Å². The average Bonchev–Trinajstić information content (AvgIpc) is 3.14. The number of likely N-dealkylation sites (tertiary alicyclic amines) is 2. The van der Waals surface area contributed by atoms with E-state index in [2.05, 4.69) is 25.7 Å². The van der Waals surface area contributed by atoms with E-state index >= 15 is 0 Å². The first-order valence-corrected chi connectivity index (χ1v) is 8.99. The molecule has 1 aromatic carbocycles. The molecule has 0 bridgehead atoms. The molecule has 2 saturated heterocycles. The smallest absolute Gasteiger partial charge is 0.0482 e. The van der Waals surface area contributed by atoms with Gasteiger partial charge in [0.2, 0.25) is 0 Å². The zero-order valence-electron chi connectivity index (χ0n) is 12.3. The molecule has 2 aliphatic heterocycles. The molecule has 0 spiro atoms. The van der Waals surface area contributed by atoms with Crippen molar-refractivity contribution in [3.63, 3.8) is 0 Å². The van der Waals surface area contributed by atoms with E-state index < -0.39 is 0 Å². The van der Waals surface area contributed by atoms with Gasteiger partial charge in [0.25, 0.3) is 0 Å². The van der Waals surface area contributed by atoms with Gasteiger partial charge in [0.15, 0.2) is 0 Å². The summed E-state index contributed by atoms with van der Waals surface area (Å²) >= 11 is 9.82. The fourth-order valence-electron chi connectivity index (χ4n) is 3.70. The molecule has 3 nitrogen and oxygen atoms in total. The minimum atomic E-state index is 0.255. The van der Waals surface area contributed by atoms with Crippen molar-refractivity contribution in [3.05, 3.63) is 33.3 Å². The van der Waals surface area contributed by atoms with Crippen molar-refractivity contribution in [1.29, 1.82) is 0 Å². The van der Waals surface area contributed by atoms with Crippen LogP contribution in [0, 0.1) is 0 Å². The van der Waals surface area contributed by atoms with Gasteiger partial charge in [-0.3, -0.25) is 9.80 Å². The summed E-state index contributed by atoms with van der Waals surface area (Å²) in [4.78, 5) is 5.18. The van der Waals surface area contributed by atoms with Crippen LogP contribution in [-0.4, -0.2) is 48.6 Å². The molecule has 2 N–H and O–H groups in total. The Morgan fingerprint density at radius 3 is 2.76 bits per heavy atom. The van der Waals surface area contributed by atoms with Gasteiger partial charge in [-0.15, -0.1) is 0 Å². The molecule has 116 valence electrons. The van der Waals surface area contributed by atoms with Gasteiger partial charge >= 0.3 is 0 Å². The fourth-order valence-corrected chi connectivity index (χ4v) is 4.39. The van der Waals surface area contributed by atoms with Crippen molar-refractivity contribution in [2.24, 2.45) is 5.73 Å². The molecular formula is C16H23BrClN3. The molecular weight excluding hydrogens is 350 g/mol. The van der Waals surface area contributed by atoms with Gasteiger partial charge in [-0.1, -0.05) is 27.5 Å². The summed E-state index contributed by atoms with van der Waals surface area (Å²) < 4.78 is 1.10. The highest BCUT2D eigenvalue weighted by molar-refractivity contribution is 9.10. The van der Waals surface area contributed by atoms with Gasteiger partial charge in [-0.2, -0.15) is 0 Å². The van der Waals surface area contributed by atoms with Crippen LogP contribution < -0.4 is 5.73 Å². The maximum atomic E-state index is 6.17. The van der Waals surface area contributed by atoms with Crippen molar-refractivity contribution < 1.29 is 0 Å². The molecule has 0 amide bonds. The average molecular weight is 373 g/mol. The highest BCUT2D eigenvalue weighted by Crippen LogP contribution is 2.33. The second kappa shape index (κ2) is 6.97. The fraction of sp³-hybridized carbons (Fsp3) is 0.625. The van der Waals surface area contributed by atoms with Crippen molar-refractivity contribution in [3.8, 4) is 0 Å². The Kier molecular flexibility index (Phi) is 5.23. The summed E-state index contributed by atoms with van der Waals surface area (Å²) in [6.45, 7) is 5.42. The number of benzene rings is 1. The molecule has 2 heterocycles. The molecule has 0 aliphatic carbocycles. The van der Waals surface area contributed by atoms with Crippen LogP contribution in [0.5, 0.6) is 0 Å². The van der Waals surface area contributed by atoms with Gasteiger partial charge in [0.1, 0.15) is 0 Å². The number of halogens is 2. The molecule has 3 rings (SSSR count). The molecule has 0 aromatic heterocycles. The van der Waals surface area contributed by atoms with E-state index in [1.54, 1.807) is 0 Å². The molecule has 5 heteroatoms. The van der Waals surface area contributed by atoms with Crippen molar-refractivity contribution in [1.82, 2.24) is 9.80 Å². The van der Waals surface area contributed by atoms with E-state index in [0.29, 0.717) is 12.6 Å². The second-order valence-electron chi connectivity index (χ2n) is 6.10. The third kappa shape index (κ3) is 3.45. The summed E-state index contributed by atoms with van der Waals surface area (Å²) in [5.41, 5.74) is 7.30. The largest absolute Gasteiger partial charge is 0.329 e. The maximum absolute atomic E-state index is 6.17. The molecule has 0 saturated carbocycles. The Hall–Kier alpha value is -0.130. The lowest BCUT2D eigenvalue weighted by Crippen LogP contribution is -2.38. The summed E-state index contributed by atoms with van der Waals surface area (Å²) in [5, 5.41) is 0.780. The van der Waals surface area contributed by atoms with E-state index in [0.717, 1.165) is 22.6 Å². The summed E-state index contributed by atoms with van der Waals surface area (Å²) in [7, 11) is 0. The van der Waals surface area contributed by atoms with Gasteiger partial charge in [-0.25, -0.2) is 0 Å². The summed E-state index contributed by atoms with van der Waals surface area (Å²) in [5.74, 6) is 0. The highest BCUT2D eigenvalue weighted by Gasteiger charge is 2.33. The quantitative estimate of drug-likeness (QED) is 0.880. The van der Waals surface area contributed by atoms with Crippen LogP contribution in [-0.2, 0) is 0 Å². The maximum Gasteiger partial charge on any atom is 0.0482 e.